The lowest BCUT2D eigenvalue weighted by atomic mass is 9.85. The van der Waals surface area contributed by atoms with Gasteiger partial charge in [-0.25, -0.2) is 10.1 Å². The number of para-hydroxylation sites is 1. The zero-order chi connectivity index (χ0) is 31.9. The molecule has 1 aromatic heterocycles. The number of alkyl halides is 3. The molecular formula is C31H39F3N6O4+2. The fraction of sp³-hybridized carbons (Fsp3) is 0.452. The van der Waals surface area contributed by atoms with Crippen LogP contribution in [0, 0.1) is 11.3 Å². The SMILES string of the molecule is CCN(CC[NH3+])C(=O)CC[C@@H](C(=O)N[C@H](Cc1ccc(OC(F)(F)F)cc1)C(=O)Nc1cc2ccccc2n[nH+]1)C1(C)CC1. The van der Waals surface area contributed by atoms with Crippen molar-refractivity contribution in [2.75, 3.05) is 25.0 Å². The molecule has 3 amide bonds. The Bertz CT molecular complexity index is 1460. The summed E-state index contributed by atoms with van der Waals surface area (Å²) in [6.45, 7) is 5.58. The summed E-state index contributed by atoms with van der Waals surface area (Å²) in [5.41, 5.74) is 4.74. The number of carbonyl (C=O) groups is 3. The van der Waals surface area contributed by atoms with Gasteiger partial charge in [-0.3, -0.25) is 9.59 Å². The van der Waals surface area contributed by atoms with Crippen LogP contribution in [0.3, 0.4) is 0 Å². The van der Waals surface area contributed by atoms with Crippen LogP contribution in [0.25, 0.3) is 10.9 Å². The van der Waals surface area contributed by atoms with E-state index in [0.29, 0.717) is 43.0 Å². The van der Waals surface area contributed by atoms with E-state index in [1.807, 2.05) is 38.1 Å². The zero-order valence-corrected chi connectivity index (χ0v) is 24.9. The number of likely N-dealkylation sites (N-methyl/N-ethyl adjacent to an activating group) is 1. The predicted octanol–water partition coefficient (Wildman–Crippen LogP) is 2.90. The van der Waals surface area contributed by atoms with E-state index >= 15 is 0 Å². The number of halogens is 3. The van der Waals surface area contributed by atoms with Gasteiger partial charge in [-0.15, -0.1) is 18.3 Å². The Kier molecular flexibility index (Phi) is 10.4. The molecule has 1 saturated carbocycles. The topological polar surface area (TPSA) is 142 Å². The number of amides is 3. The van der Waals surface area contributed by atoms with E-state index in [1.165, 1.54) is 12.1 Å². The first-order valence-corrected chi connectivity index (χ1v) is 14.7. The number of anilines is 1. The Hall–Kier alpha value is -4.26. The third-order valence-corrected chi connectivity index (χ3v) is 8.03. The molecule has 0 aliphatic heterocycles. The van der Waals surface area contributed by atoms with Crippen LogP contribution in [0.5, 0.6) is 5.75 Å². The first-order chi connectivity index (χ1) is 20.9. The van der Waals surface area contributed by atoms with Gasteiger partial charge in [0, 0.05) is 36.8 Å². The van der Waals surface area contributed by atoms with Crippen LogP contribution in [-0.4, -0.2) is 59.8 Å². The smallest absolute Gasteiger partial charge is 0.406 e. The molecule has 0 spiro atoms. The van der Waals surface area contributed by atoms with Crippen molar-refractivity contribution in [3.63, 3.8) is 0 Å². The summed E-state index contributed by atoms with van der Waals surface area (Å²) in [6, 6.07) is 13.1. The van der Waals surface area contributed by atoms with E-state index in [4.69, 9.17) is 0 Å². The largest absolute Gasteiger partial charge is 0.573 e. The molecule has 10 nitrogen and oxygen atoms in total. The number of nitrogens with zero attached hydrogens (tertiary/aromatic N) is 2. The van der Waals surface area contributed by atoms with Gasteiger partial charge in [0.2, 0.25) is 11.8 Å². The molecule has 44 heavy (non-hydrogen) atoms. The van der Waals surface area contributed by atoms with Crippen molar-refractivity contribution >= 4 is 34.4 Å². The summed E-state index contributed by atoms with van der Waals surface area (Å²) in [4.78, 5) is 41.9. The number of hydrogen-bond acceptors (Lipinski definition) is 5. The second-order valence-corrected chi connectivity index (χ2v) is 11.4. The molecule has 236 valence electrons. The summed E-state index contributed by atoms with van der Waals surface area (Å²) in [5, 5.41) is 13.5. The summed E-state index contributed by atoms with van der Waals surface area (Å²) in [5.74, 6) is -1.52. The number of aromatic nitrogens is 2. The molecule has 1 aliphatic rings. The van der Waals surface area contributed by atoms with Crippen LogP contribution < -0.4 is 26.2 Å². The van der Waals surface area contributed by atoms with E-state index < -0.39 is 30.0 Å². The number of quaternary nitrogens is 1. The Morgan fingerprint density at radius 3 is 2.45 bits per heavy atom. The van der Waals surface area contributed by atoms with Gasteiger partial charge in [0.1, 0.15) is 17.3 Å². The Balaban J connectivity index is 1.53. The highest BCUT2D eigenvalue weighted by atomic mass is 19.4. The molecule has 0 unspecified atom stereocenters. The average molecular weight is 617 g/mol. The Morgan fingerprint density at radius 2 is 1.82 bits per heavy atom. The number of benzene rings is 2. The van der Waals surface area contributed by atoms with Gasteiger partial charge in [0.15, 0.2) is 0 Å². The highest BCUT2D eigenvalue weighted by Crippen LogP contribution is 2.53. The number of rotatable bonds is 14. The Morgan fingerprint density at radius 1 is 1.11 bits per heavy atom. The van der Waals surface area contributed by atoms with E-state index in [-0.39, 0.29) is 30.1 Å². The molecule has 1 fully saturated rings. The first-order valence-electron chi connectivity index (χ1n) is 14.7. The third-order valence-electron chi connectivity index (χ3n) is 8.03. The molecule has 0 saturated heterocycles. The maximum absolute atomic E-state index is 13.8. The van der Waals surface area contributed by atoms with Gasteiger partial charge in [-0.05, 0) is 55.4 Å². The number of hydrogen-bond donors (Lipinski definition) is 3. The van der Waals surface area contributed by atoms with Gasteiger partial charge in [-0.1, -0.05) is 42.4 Å². The Labute approximate surface area is 253 Å². The second kappa shape index (κ2) is 14.0. The standard InChI is InChI=1S/C31H37F3N6O4/c1-3-40(17-16-35)27(41)13-12-23(30(2)14-15-30)28(42)36-25(18-20-8-10-22(11-9-20)44-31(32,33)34)29(43)37-26-19-21-6-4-5-7-24(21)38-39-26/h4-11,19,23,25H,3,12-18,35H2,1-2H3,(H,36,42)(H,37,39,43)/p+2/t23-,25+/m0/s1. The van der Waals surface area contributed by atoms with Crippen LogP contribution in [-0.2, 0) is 20.8 Å². The normalized spacial score (nSPS) is 15.2. The van der Waals surface area contributed by atoms with Gasteiger partial charge >= 0.3 is 18.1 Å². The summed E-state index contributed by atoms with van der Waals surface area (Å²) >= 11 is 0. The summed E-state index contributed by atoms with van der Waals surface area (Å²) < 4.78 is 41.9. The molecule has 1 aliphatic carbocycles. The van der Waals surface area contributed by atoms with Crippen molar-refractivity contribution in [2.24, 2.45) is 11.3 Å². The predicted molar refractivity (Wildman–Crippen MR) is 156 cm³/mol. The number of carbonyl (C=O) groups excluding carboxylic acids is 3. The quantitative estimate of drug-likeness (QED) is 0.255. The molecule has 3 aromatic rings. The van der Waals surface area contributed by atoms with Crippen LogP contribution in [0.1, 0.15) is 45.1 Å². The molecule has 6 N–H and O–H groups in total. The molecule has 13 heteroatoms. The maximum Gasteiger partial charge on any atom is 0.573 e. The minimum absolute atomic E-state index is 0.000356. The van der Waals surface area contributed by atoms with E-state index in [0.717, 1.165) is 30.4 Å². The van der Waals surface area contributed by atoms with Crippen LogP contribution in [0.2, 0.25) is 0 Å². The lowest BCUT2D eigenvalue weighted by Gasteiger charge is -2.26. The fourth-order valence-corrected chi connectivity index (χ4v) is 5.27. The van der Waals surface area contributed by atoms with E-state index in [1.54, 1.807) is 11.0 Å². The van der Waals surface area contributed by atoms with Crippen molar-refractivity contribution in [3.8, 4) is 5.75 Å². The zero-order valence-electron chi connectivity index (χ0n) is 24.9. The van der Waals surface area contributed by atoms with Crippen molar-refractivity contribution < 1.29 is 43.1 Å². The molecule has 0 radical (unpaired) electrons. The van der Waals surface area contributed by atoms with Gasteiger partial charge in [0.25, 0.3) is 0 Å². The van der Waals surface area contributed by atoms with Crippen molar-refractivity contribution in [1.82, 2.24) is 15.3 Å². The molecule has 2 atom stereocenters. The average Bonchev–Trinajstić information content (AvgIpc) is 3.73. The van der Waals surface area contributed by atoms with Gasteiger partial charge in [0.05, 0.1) is 13.1 Å². The van der Waals surface area contributed by atoms with Crippen molar-refractivity contribution in [2.45, 2.75) is 58.4 Å². The third kappa shape index (κ3) is 8.88. The number of H-pyrrole nitrogens is 1. The minimum atomic E-state index is -4.83. The monoisotopic (exact) mass is 616 g/mol. The summed E-state index contributed by atoms with van der Waals surface area (Å²) in [7, 11) is 0. The fourth-order valence-electron chi connectivity index (χ4n) is 5.27. The van der Waals surface area contributed by atoms with Crippen molar-refractivity contribution in [1.29, 1.82) is 0 Å². The number of fused-ring (bicyclic) bond motifs is 1. The molecular weight excluding hydrogens is 577 g/mol. The highest BCUT2D eigenvalue weighted by molar-refractivity contribution is 5.97. The van der Waals surface area contributed by atoms with Crippen LogP contribution in [0.15, 0.2) is 54.6 Å². The lowest BCUT2D eigenvalue weighted by molar-refractivity contribution is -0.435. The maximum atomic E-state index is 13.8. The second-order valence-electron chi connectivity index (χ2n) is 11.4. The van der Waals surface area contributed by atoms with Crippen LogP contribution in [0.4, 0.5) is 19.0 Å². The highest BCUT2D eigenvalue weighted by Gasteiger charge is 2.48. The lowest BCUT2D eigenvalue weighted by Crippen LogP contribution is -2.55. The number of nitrogens with one attached hydrogen (secondary N) is 3. The minimum Gasteiger partial charge on any atom is -0.406 e. The van der Waals surface area contributed by atoms with Gasteiger partial charge in [-0.2, -0.15) is 0 Å². The van der Waals surface area contributed by atoms with E-state index in [2.05, 4.69) is 31.3 Å². The molecule has 1 heterocycles. The molecule has 2 aromatic carbocycles. The van der Waals surface area contributed by atoms with E-state index in [9.17, 15) is 27.6 Å². The van der Waals surface area contributed by atoms with Crippen molar-refractivity contribution in [3.05, 3.63) is 60.2 Å². The molecule has 4 rings (SSSR count). The number of ether oxygens (including phenoxy) is 1. The van der Waals surface area contributed by atoms with Gasteiger partial charge < -0.3 is 20.7 Å². The van der Waals surface area contributed by atoms with Crippen LogP contribution >= 0.6 is 0 Å². The number of aromatic amines is 1. The molecule has 0 bridgehead atoms. The first kappa shape index (κ1) is 32.6. The summed E-state index contributed by atoms with van der Waals surface area (Å²) in [6.07, 6.45) is -2.67.